The van der Waals surface area contributed by atoms with Gasteiger partial charge in [-0.2, -0.15) is 12.6 Å². The number of nitrogens with one attached hydrogen (secondary N) is 1. The van der Waals surface area contributed by atoms with Crippen molar-refractivity contribution in [3.8, 4) is 0 Å². The van der Waals surface area contributed by atoms with Crippen molar-refractivity contribution in [2.24, 2.45) is 5.92 Å². The lowest BCUT2D eigenvalue weighted by molar-refractivity contribution is -0.122. The van der Waals surface area contributed by atoms with E-state index in [1.807, 2.05) is 13.8 Å². The van der Waals surface area contributed by atoms with Crippen LogP contribution in [0.15, 0.2) is 0 Å². The lowest BCUT2D eigenvalue weighted by Gasteiger charge is -2.22. The fourth-order valence-corrected chi connectivity index (χ4v) is 2.02. The lowest BCUT2D eigenvalue weighted by atomic mass is 10.1. The molecule has 0 radical (unpaired) electrons. The van der Waals surface area contributed by atoms with E-state index in [1.54, 1.807) is 7.11 Å². The summed E-state index contributed by atoms with van der Waals surface area (Å²) in [6, 6.07) is 0.177. The monoisotopic (exact) mass is 231 g/mol. The fraction of sp³-hybridized carbons (Fsp3) is 0.909. The molecule has 0 aromatic heterocycles. The maximum absolute atomic E-state index is 11.8. The van der Waals surface area contributed by atoms with Gasteiger partial charge in [-0.3, -0.25) is 4.79 Å². The van der Waals surface area contributed by atoms with E-state index in [1.165, 1.54) is 0 Å². The van der Waals surface area contributed by atoms with E-state index < -0.39 is 0 Å². The average Bonchev–Trinajstić information content (AvgIpc) is 2.63. The van der Waals surface area contributed by atoms with Crippen molar-refractivity contribution in [3.05, 3.63) is 0 Å². The smallest absolute Gasteiger partial charge is 0.233 e. The largest absolute Gasteiger partial charge is 0.379 e. The molecule has 3 atom stereocenters. The fourth-order valence-electron chi connectivity index (χ4n) is 1.94. The van der Waals surface area contributed by atoms with E-state index in [0.29, 0.717) is 0 Å². The second-order valence-corrected chi connectivity index (χ2v) is 5.07. The van der Waals surface area contributed by atoms with Gasteiger partial charge in [0.25, 0.3) is 0 Å². The van der Waals surface area contributed by atoms with E-state index in [9.17, 15) is 4.79 Å². The Labute approximate surface area is 97.4 Å². The first-order chi connectivity index (χ1) is 7.06. The van der Waals surface area contributed by atoms with Crippen LogP contribution in [-0.2, 0) is 9.53 Å². The molecule has 0 heterocycles. The van der Waals surface area contributed by atoms with E-state index in [4.69, 9.17) is 4.74 Å². The Morgan fingerprint density at radius 1 is 1.47 bits per heavy atom. The highest BCUT2D eigenvalue weighted by Gasteiger charge is 2.30. The van der Waals surface area contributed by atoms with Crippen LogP contribution in [0.5, 0.6) is 0 Å². The van der Waals surface area contributed by atoms with Gasteiger partial charge >= 0.3 is 0 Å². The quantitative estimate of drug-likeness (QED) is 0.722. The molecule has 0 spiro atoms. The van der Waals surface area contributed by atoms with Crippen LogP contribution < -0.4 is 5.32 Å². The van der Waals surface area contributed by atoms with Gasteiger partial charge in [0.2, 0.25) is 5.91 Å². The molecule has 15 heavy (non-hydrogen) atoms. The summed E-state index contributed by atoms with van der Waals surface area (Å²) in [4.78, 5) is 11.8. The third-order valence-corrected chi connectivity index (χ3v) is 3.81. The third kappa shape index (κ3) is 3.38. The number of thiol groups is 1. The molecule has 1 aliphatic carbocycles. The molecule has 1 rings (SSSR count). The molecule has 1 amide bonds. The topological polar surface area (TPSA) is 38.3 Å². The number of carbonyl (C=O) groups excluding carboxylic acids is 1. The van der Waals surface area contributed by atoms with Crippen LogP contribution in [0.1, 0.15) is 33.1 Å². The number of amides is 1. The third-order valence-electron chi connectivity index (χ3n) is 2.98. The Hall–Kier alpha value is -0.220. The summed E-state index contributed by atoms with van der Waals surface area (Å²) in [6.45, 7) is 4.00. The highest BCUT2D eigenvalue weighted by atomic mass is 32.1. The number of hydrogen-bond donors (Lipinski definition) is 2. The van der Waals surface area contributed by atoms with E-state index >= 15 is 0 Å². The molecule has 0 aromatic carbocycles. The van der Waals surface area contributed by atoms with Gasteiger partial charge in [-0.15, -0.1) is 0 Å². The Morgan fingerprint density at radius 3 is 2.67 bits per heavy atom. The van der Waals surface area contributed by atoms with Gasteiger partial charge in [0.15, 0.2) is 0 Å². The lowest BCUT2D eigenvalue weighted by Crippen LogP contribution is -2.45. The Kier molecular flexibility index (Phi) is 4.93. The highest BCUT2D eigenvalue weighted by molar-refractivity contribution is 7.81. The van der Waals surface area contributed by atoms with Gasteiger partial charge in [0.05, 0.1) is 17.4 Å². The SMILES string of the molecule is COC1CCCC1NC(=O)C(S)C(C)C. The summed E-state index contributed by atoms with van der Waals surface area (Å²) in [6.07, 6.45) is 3.37. The summed E-state index contributed by atoms with van der Waals surface area (Å²) in [5, 5.41) is 2.80. The molecule has 0 aliphatic heterocycles. The van der Waals surface area contributed by atoms with Crippen molar-refractivity contribution in [2.75, 3.05) is 7.11 Å². The zero-order valence-electron chi connectivity index (χ0n) is 9.69. The van der Waals surface area contributed by atoms with Gasteiger partial charge < -0.3 is 10.1 Å². The normalized spacial score (nSPS) is 28.1. The molecule has 1 saturated carbocycles. The number of ether oxygens (including phenoxy) is 1. The molecule has 0 aromatic rings. The summed E-state index contributed by atoms with van der Waals surface area (Å²) >= 11 is 4.30. The van der Waals surface area contributed by atoms with Crippen LogP contribution in [0.2, 0.25) is 0 Å². The number of rotatable bonds is 4. The summed E-state index contributed by atoms with van der Waals surface area (Å²) in [7, 11) is 1.70. The molecule has 1 N–H and O–H groups in total. The van der Waals surface area contributed by atoms with E-state index in [0.717, 1.165) is 19.3 Å². The molecule has 3 unspecified atom stereocenters. The first-order valence-electron chi connectivity index (χ1n) is 5.57. The maximum atomic E-state index is 11.8. The van der Waals surface area contributed by atoms with Crippen LogP contribution in [0.4, 0.5) is 0 Å². The van der Waals surface area contributed by atoms with Crippen LogP contribution in [0.3, 0.4) is 0 Å². The van der Waals surface area contributed by atoms with Crippen molar-refractivity contribution < 1.29 is 9.53 Å². The van der Waals surface area contributed by atoms with Gasteiger partial charge in [0, 0.05) is 7.11 Å². The van der Waals surface area contributed by atoms with Crippen LogP contribution in [-0.4, -0.2) is 30.4 Å². The van der Waals surface area contributed by atoms with Gasteiger partial charge in [-0.1, -0.05) is 13.8 Å². The van der Waals surface area contributed by atoms with Crippen LogP contribution in [0.25, 0.3) is 0 Å². The molecule has 1 aliphatic rings. The Balaban J connectivity index is 2.43. The Morgan fingerprint density at radius 2 is 2.13 bits per heavy atom. The molecule has 88 valence electrons. The minimum atomic E-state index is -0.219. The van der Waals surface area contributed by atoms with Crippen LogP contribution >= 0.6 is 12.6 Å². The predicted octanol–water partition coefficient (Wildman–Crippen LogP) is 1.62. The van der Waals surface area contributed by atoms with Crippen LogP contribution in [0, 0.1) is 5.92 Å². The van der Waals surface area contributed by atoms with Crippen molar-refractivity contribution in [1.29, 1.82) is 0 Å². The average molecular weight is 231 g/mol. The first-order valence-corrected chi connectivity index (χ1v) is 6.09. The Bertz CT molecular complexity index is 221. The van der Waals surface area contributed by atoms with Crippen molar-refractivity contribution in [1.82, 2.24) is 5.32 Å². The zero-order chi connectivity index (χ0) is 11.4. The number of hydrogen-bond acceptors (Lipinski definition) is 3. The second kappa shape index (κ2) is 5.75. The standard InChI is InChI=1S/C11H21NO2S/c1-7(2)10(15)11(13)12-8-5-4-6-9(8)14-3/h7-10,15H,4-6H2,1-3H3,(H,12,13). The predicted molar refractivity (Wildman–Crippen MR) is 64.2 cm³/mol. The molecular weight excluding hydrogens is 210 g/mol. The molecule has 0 bridgehead atoms. The molecule has 3 nitrogen and oxygen atoms in total. The van der Waals surface area contributed by atoms with Crippen molar-refractivity contribution in [2.45, 2.75) is 50.5 Å². The summed E-state index contributed by atoms with van der Waals surface area (Å²) < 4.78 is 5.33. The van der Waals surface area contributed by atoms with Gasteiger partial charge in [0.1, 0.15) is 0 Å². The first kappa shape index (κ1) is 12.8. The van der Waals surface area contributed by atoms with Crippen molar-refractivity contribution >= 4 is 18.5 Å². The van der Waals surface area contributed by atoms with Gasteiger partial charge in [-0.05, 0) is 25.2 Å². The summed E-state index contributed by atoms with van der Waals surface area (Å²) in [5.41, 5.74) is 0. The van der Waals surface area contributed by atoms with E-state index in [-0.39, 0.29) is 29.2 Å². The molecule has 1 fully saturated rings. The minimum absolute atomic E-state index is 0.0299. The molecule has 4 heteroatoms. The van der Waals surface area contributed by atoms with Crippen molar-refractivity contribution in [3.63, 3.8) is 0 Å². The minimum Gasteiger partial charge on any atom is -0.379 e. The van der Waals surface area contributed by atoms with E-state index in [2.05, 4.69) is 17.9 Å². The maximum Gasteiger partial charge on any atom is 0.233 e. The highest BCUT2D eigenvalue weighted by Crippen LogP contribution is 2.22. The molecular formula is C11H21NO2S. The number of methoxy groups -OCH3 is 1. The molecule has 0 saturated heterocycles. The zero-order valence-corrected chi connectivity index (χ0v) is 10.6. The van der Waals surface area contributed by atoms with Gasteiger partial charge in [-0.25, -0.2) is 0 Å². The summed E-state index contributed by atoms with van der Waals surface area (Å²) in [5.74, 6) is 0.290. The second-order valence-electron chi connectivity index (χ2n) is 4.51. The number of carbonyl (C=O) groups is 1.